The summed E-state index contributed by atoms with van der Waals surface area (Å²) in [5.41, 5.74) is 2.46. The van der Waals surface area contributed by atoms with Gasteiger partial charge in [-0.3, -0.25) is 4.79 Å². The van der Waals surface area contributed by atoms with Crippen LogP contribution >= 0.6 is 0 Å². The average Bonchev–Trinajstić information content (AvgIpc) is 3.11. The summed E-state index contributed by atoms with van der Waals surface area (Å²) in [5, 5.41) is 0.481. The number of rotatable bonds is 2. The molecule has 0 unspecified atom stereocenters. The molecule has 1 amide bonds. The molecule has 0 bridgehead atoms. The molecule has 0 N–H and O–H groups in total. The van der Waals surface area contributed by atoms with Crippen molar-refractivity contribution in [2.45, 2.75) is 13.8 Å². The highest BCUT2D eigenvalue weighted by molar-refractivity contribution is 5.85. The number of nitrogens with zero attached hydrogens (tertiary/aromatic N) is 3. The van der Waals surface area contributed by atoms with E-state index in [0.29, 0.717) is 48.5 Å². The van der Waals surface area contributed by atoms with Gasteiger partial charge in [-0.25, -0.2) is 8.78 Å². The van der Waals surface area contributed by atoms with Gasteiger partial charge in [-0.15, -0.1) is 0 Å². The summed E-state index contributed by atoms with van der Waals surface area (Å²) < 4.78 is 31.2. The molecule has 1 aromatic heterocycles. The van der Waals surface area contributed by atoms with Gasteiger partial charge < -0.3 is 14.4 Å². The summed E-state index contributed by atoms with van der Waals surface area (Å²) >= 11 is 0. The maximum atomic E-state index is 15.4. The number of benzene rings is 2. The summed E-state index contributed by atoms with van der Waals surface area (Å²) in [7, 11) is 0. The Labute approximate surface area is 156 Å². The molecule has 3 aromatic rings. The van der Waals surface area contributed by atoms with Crippen LogP contribution in [0.5, 0.6) is 0 Å². The van der Waals surface area contributed by atoms with E-state index in [1.54, 1.807) is 46.9 Å². The van der Waals surface area contributed by atoms with Crippen molar-refractivity contribution < 1.29 is 13.6 Å². The lowest BCUT2D eigenvalue weighted by atomic mass is 10.1. The normalized spacial score (nSPS) is 14.8. The van der Waals surface area contributed by atoms with Crippen molar-refractivity contribution in [3.05, 3.63) is 59.8 Å². The fourth-order valence-electron chi connectivity index (χ4n) is 3.80. The number of fused-ring (bicyclic) bond motifs is 1. The largest absolute Gasteiger partial charge is 0.366 e. The highest BCUT2D eigenvalue weighted by Crippen LogP contribution is 2.31. The quantitative estimate of drug-likeness (QED) is 0.686. The molecule has 1 fully saturated rings. The maximum Gasteiger partial charge on any atom is 0.219 e. The Hall–Kier alpha value is -2.89. The molecule has 27 heavy (non-hydrogen) atoms. The van der Waals surface area contributed by atoms with E-state index in [0.717, 1.165) is 5.56 Å². The predicted octanol–water partition coefficient (Wildman–Crippen LogP) is 3.89. The summed E-state index contributed by atoms with van der Waals surface area (Å²) in [6, 6.07) is 10.1. The smallest absolute Gasteiger partial charge is 0.219 e. The highest BCUT2D eigenvalue weighted by Gasteiger charge is 2.23. The van der Waals surface area contributed by atoms with Crippen molar-refractivity contribution in [1.29, 1.82) is 0 Å². The predicted molar refractivity (Wildman–Crippen MR) is 102 cm³/mol. The van der Waals surface area contributed by atoms with Gasteiger partial charge >= 0.3 is 0 Å². The lowest BCUT2D eigenvalue weighted by molar-refractivity contribution is -0.129. The summed E-state index contributed by atoms with van der Waals surface area (Å²) in [6.45, 7) is 5.77. The first-order valence-electron chi connectivity index (χ1n) is 9.03. The van der Waals surface area contributed by atoms with Crippen LogP contribution in [0.25, 0.3) is 16.6 Å². The summed E-state index contributed by atoms with van der Waals surface area (Å²) in [6.07, 6.45) is 1.70. The Morgan fingerprint density at radius 3 is 2.37 bits per heavy atom. The van der Waals surface area contributed by atoms with Crippen molar-refractivity contribution in [1.82, 2.24) is 9.47 Å². The Morgan fingerprint density at radius 2 is 1.67 bits per heavy atom. The number of amides is 1. The van der Waals surface area contributed by atoms with E-state index in [1.165, 1.54) is 6.07 Å². The number of halogens is 2. The zero-order valence-electron chi connectivity index (χ0n) is 15.4. The van der Waals surface area contributed by atoms with E-state index < -0.39 is 0 Å². The molecule has 1 aliphatic rings. The van der Waals surface area contributed by atoms with Crippen LogP contribution < -0.4 is 4.90 Å². The van der Waals surface area contributed by atoms with Crippen LogP contribution in [0.4, 0.5) is 14.5 Å². The van der Waals surface area contributed by atoms with Gasteiger partial charge in [-0.05, 0) is 36.8 Å². The molecule has 6 heteroatoms. The second kappa shape index (κ2) is 6.68. The third-order valence-electron chi connectivity index (χ3n) is 5.28. The number of aromatic nitrogens is 1. The van der Waals surface area contributed by atoms with Crippen LogP contribution in [0.3, 0.4) is 0 Å². The molecular weight excluding hydrogens is 348 g/mol. The van der Waals surface area contributed by atoms with Gasteiger partial charge in [-0.2, -0.15) is 0 Å². The molecule has 140 valence electrons. The van der Waals surface area contributed by atoms with E-state index in [9.17, 15) is 9.18 Å². The number of piperazine rings is 1. The second-order valence-corrected chi connectivity index (χ2v) is 6.92. The van der Waals surface area contributed by atoms with Gasteiger partial charge in [0.2, 0.25) is 5.91 Å². The van der Waals surface area contributed by atoms with Crippen LogP contribution in [0.1, 0.15) is 12.5 Å². The molecule has 2 aromatic carbocycles. The Bertz CT molecular complexity index is 1020. The van der Waals surface area contributed by atoms with E-state index in [1.807, 2.05) is 17.9 Å². The Kier molecular flexibility index (Phi) is 4.34. The molecule has 1 saturated heterocycles. The lowest BCUT2D eigenvalue weighted by Gasteiger charge is -2.36. The summed E-state index contributed by atoms with van der Waals surface area (Å²) in [5.74, 6) is -0.610. The maximum absolute atomic E-state index is 15.4. The molecular formula is C21H21F2N3O. The van der Waals surface area contributed by atoms with Crippen molar-refractivity contribution >= 4 is 22.5 Å². The first-order chi connectivity index (χ1) is 13.0. The molecule has 1 aliphatic heterocycles. The fourth-order valence-corrected chi connectivity index (χ4v) is 3.80. The van der Waals surface area contributed by atoms with Crippen molar-refractivity contribution in [2.24, 2.45) is 0 Å². The molecule has 0 spiro atoms. The Balaban J connectivity index is 1.74. The van der Waals surface area contributed by atoms with Gasteiger partial charge in [0.15, 0.2) is 5.82 Å². The van der Waals surface area contributed by atoms with E-state index in [-0.39, 0.29) is 17.5 Å². The van der Waals surface area contributed by atoms with E-state index in [4.69, 9.17) is 0 Å². The third-order valence-corrected chi connectivity index (χ3v) is 5.28. The molecule has 0 aliphatic carbocycles. The number of carbonyl (C=O) groups is 1. The van der Waals surface area contributed by atoms with E-state index in [2.05, 4.69) is 0 Å². The first kappa shape index (κ1) is 17.5. The minimum atomic E-state index is -0.338. The average molecular weight is 369 g/mol. The minimum Gasteiger partial charge on any atom is -0.366 e. The van der Waals surface area contributed by atoms with Gasteiger partial charge in [0, 0.05) is 44.7 Å². The number of anilines is 1. The van der Waals surface area contributed by atoms with Crippen LogP contribution in [-0.2, 0) is 4.79 Å². The molecule has 0 atom stereocenters. The second-order valence-electron chi connectivity index (χ2n) is 6.92. The van der Waals surface area contributed by atoms with Crippen molar-refractivity contribution in [3.8, 4) is 5.69 Å². The fraction of sp³-hybridized carbons (Fsp3) is 0.286. The molecule has 4 rings (SSSR count). The van der Waals surface area contributed by atoms with Gasteiger partial charge in [0.25, 0.3) is 0 Å². The number of hydrogen-bond acceptors (Lipinski definition) is 2. The molecule has 0 saturated carbocycles. The van der Waals surface area contributed by atoms with Gasteiger partial charge in [0.1, 0.15) is 5.82 Å². The third kappa shape index (κ3) is 2.95. The molecule has 2 heterocycles. The molecule has 4 nitrogen and oxygen atoms in total. The van der Waals surface area contributed by atoms with Gasteiger partial charge in [0.05, 0.1) is 16.9 Å². The van der Waals surface area contributed by atoms with Crippen LogP contribution in [0, 0.1) is 18.6 Å². The molecule has 0 radical (unpaired) electrons. The highest BCUT2D eigenvalue weighted by atomic mass is 19.1. The van der Waals surface area contributed by atoms with Crippen molar-refractivity contribution in [2.75, 3.05) is 31.1 Å². The van der Waals surface area contributed by atoms with Crippen LogP contribution in [0.2, 0.25) is 0 Å². The van der Waals surface area contributed by atoms with Crippen molar-refractivity contribution in [3.63, 3.8) is 0 Å². The zero-order valence-corrected chi connectivity index (χ0v) is 15.4. The monoisotopic (exact) mass is 369 g/mol. The minimum absolute atomic E-state index is 0.0418. The number of hydrogen-bond donors (Lipinski definition) is 0. The standard InChI is InChI=1S/C21H21F2N3O/c1-14-6-7-17(22)16-8-9-26(21(14)16)19-5-3-4-18(20(19)23)25-12-10-24(11-13-25)15(2)27/h3-9H,10-13H2,1-2H3. The first-order valence-corrected chi connectivity index (χ1v) is 9.03. The van der Waals surface area contributed by atoms with Crippen LogP contribution in [0.15, 0.2) is 42.6 Å². The Morgan fingerprint density at radius 1 is 0.963 bits per heavy atom. The lowest BCUT2D eigenvalue weighted by Crippen LogP contribution is -2.48. The number of aryl methyl sites for hydroxylation is 1. The topological polar surface area (TPSA) is 28.5 Å². The summed E-state index contributed by atoms with van der Waals surface area (Å²) in [4.78, 5) is 15.2. The SMILES string of the molecule is CC(=O)N1CCN(c2cccc(-n3ccc4c(F)ccc(C)c43)c2F)CC1. The zero-order chi connectivity index (χ0) is 19.1. The van der Waals surface area contributed by atoms with E-state index >= 15 is 4.39 Å². The van der Waals surface area contributed by atoms with Crippen LogP contribution in [-0.4, -0.2) is 41.6 Å². The van der Waals surface area contributed by atoms with Gasteiger partial charge in [-0.1, -0.05) is 12.1 Å². The number of carbonyl (C=O) groups excluding carboxylic acids is 1.